The van der Waals surface area contributed by atoms with Gasteiger partial charge in [0.2, 0.25) is 76.8 Å². The normalized spacial score (nSPS) is 15.9. The van der Waals surface area contributed by atoms with Gasteiger partial charge in [-0.05, 0) is 120 Å². The summed E-state index contributed by atoms with van der Waals surface area (Å²) in [5, 5.41) is 41.0. The third-order valence-electron chi connectivity index (χ3n) is 17.6. The van der Waals surface area contributed by atoms with E-state index in [2.05, 4.69) is 73.8 Å². The van der Waals surface area contributed by atoms with Gasteiger partial charge < -0.3 is 109 Å². The Labute approximate surface area is 606 Å². The summed E-state index contributed by atoms with van der Waals surface area (Å²) in [5.41, 5.74) is 39.4. The van der Waals surface area contributed by atoms with E-state index in [1.165, 1.54) is 13.8 Å². The molecule has 0 fully saturated rings. The third-order valence-corrected chi connectivity index (χ3v) is 17.6. The molecule has 0 aromatic heterocycles. The molecular formula is C67H125N21O15. The van der Waals surface area contributed by atoms with Crippen molar-refractivity contribution in [3.63, 3.8) is 0 Å². The van der Waals surface area contributed by atoms with Crippen LogP contribution in [0, 0.1) is 35.5 Å². The van der Waals surface area contributed by atoms with E-state index in [1.54, 1.807) is 76.2 Å². The molecule has 0 aliphatic carbocycles. The van der Waals surface area contributed by atoms with E-state index in [0.29, 0.717) is 45.1 Å². The number of rotatable bonds is 52. The predicted octanol–water partition coefficient (Wildman–Crippen LogP) is -3.33. The molecular weight excluding hydrogens is 1340 g/mol. The molecule has 0 heterocycles. The number of carbonyl (C=O) groups excluding carboxylic acids is 13. The summed E-state index contributed by atoms with van der Waals surface area (Å²) in [6.07, 6.45) is 2.38. The van der Waals surface area contributed by atoms with Gasteiger partial charge in [-0.2, -0.15) is 0 Å². The van der Waals surface area contributed by atoms with Crippen LogP contribution in [0.4, 0.5) is 0 Å². The Morgan fingerprint density at radius 1 is 0.369 bits per heavy atom. The highest BCUT2D eigenvalue weighted by atomic mass is 16.4. The average molecular weight is 1460 g/mol. The van der Waals surface area contributed by atoms with Crippen molar-refractivity contribution in [3.8, 4) is 0 Å². The molecule has 27 N–H and O–H groups in total. The fraction of sp³-hybridized carbons (Fsp3) is 0.761. The number of carboxylic acids is 1. The van der Waals surface area contributed by atoms with E-state index in [-0.39, 0.29) is 94.1 Å². The molecule has 0 saturated heterocycles. The first-order valence-corrected chi connectivity index (χ1v) is 35.9. The first kappa shape index (κ1) is 94.0. The van der Waals surface area contributed by atoms with Crippen LogP contribution in [0.25, 0.3) is 0 Å². The van der Waals surface area contributed by atoms with Crippen LogP contribution in [0.1, 0.15) is 193 Å². The Morgan fingerprint density at radius 2 is 0.709 bits per heavy atom. The van der Waals surface area contributed by atoms with Crippen LogP contribution in [0.5, 0.6) is 0 Å². The lowest BCUT2D eigenvalue weighted by molar-refractivity contribution is -0.144. The third kappa shape index (κ3) is 37.2. The van der Waals surface area contributed by atoms with Crippen molar-refractivity contribution in [3.05, 3.63) is 0 Å². The molecule has 13 amide bonds. The Balaban J connectivity index is 6.68. The highest BCUT2D eigenvalue weighted by Gasteiger charge is 2.38. The van der Waals surface area contributed by atoms with Gasteiger partial charge in [-0.15, -0.1) is 0 Å². The molecule has 36 nitrogen and oxygen atoms in total. The fourth-order valence-electron chi connectivity index (χ4n) is 10.3. The number of guanidine groups is 2. The maximum Gasteiger partial charge on any atom is 0.326 e. The number of hydrogen-bond donors (Lipinski definition) is 20. The summed E-state index contributed by atoms with van der Waals surface area (Å²) in [7, 11) is 0. The number of carbonyl (C=O) groups is 14. The number of unbranched alkanes of at least 4 members (excludes halogenated alkanes) is 1. The SMILES string of the molecule is CCC(C)C(N)C(=O)NC(CCCN=C(N)N)C(=O)NC(C(=O)NC(C(=O)NC(CC(C)C)C(=O)NC(CCCN=C(N)N)C(=O)NC(C)C(=O)NC(CCC(N)=O)C(=O)NCC(=O)NC(C)C(=O)NC(CC(C)C)C(=O)NC(CCCCN)C(=O)NC(C(=O)O)C(C)CC)C(C)CC)C(C)CC. The number of nitrogens with one attached hydrogen (secondary N) is 12. The zero-order valence-electron chi connectivity index (χ0n) is 62.9. The van der Waals surface area contributed by atoms with E-state index in [1.807, 2.05) is 6.92 Å². The van der Waals surface area contributed by atoms with E-state index in [0.717, 1.165) is 0 Å². The first-order chi connectivity index (χ1) is 48.2. The van der Waals surface area contributed by atoms with Crippen molar-refractivity contribution in [2.75, 3.05) is 26.2 Å². The summed E-state index contributed by atoms with van der Waals surface area (Å²) in [6, 6.07) is -15.3. The van der Waals surface area contributed by atoms with Gasteiger partial charge in [0.05, 0.1) is 12.6 Å². The molecule has 0 rings (SSSR count). The minimum Gasteiger partial charge on any atom is -0.480 e. The number of carboxylic acid groups (broad SMARTS) is 1. The van der Waals surface area contributed by atoms with Gasteiger partial charge in [0.1, 0.15) is 66.5 Å². The van der Waals surface area contributed by atoms with Crippen molar-refractivity contribution in [2.24, 2.45) is 85.6 Å². The molecule has 0 aliphatic rings. The Hall–Kier alpha value is -8.96. The lowest BCUT2D eigenvalue weighted by Gasteiger charge is -2.31. The molecule has 16 unspecified atom stereocenters. The van der Waals surface area contributed by atoms with Crippen LogP contribution in [0.2, 0.25) is 0 Å². The van der Waals surface area contributed by atoms with Crippen molar-refractivity contribution in [1.29, 1.82) is 0 Å². The Kier molecular flexibility index (Phi) is 45.3. The van der Waals surface area contributed by atoms with E-state index in [4.69, 9.17) is 40.1 Å². The van der Waals surface area contributed by atoms with E-state index < -0.39 is 186 Å². The minimum atomic E-state index is -1.54. The highest BCUT2D eigenvalue weighted by Crippen LogP contribution is 2.17. The minimum absolute atomic E-state index is 0.00371. The largest absolute Gasteiger partial charge is 0.480 e. The van der Waals surface area contributed by atoms with Crippen LogP contribution in [-0.2, 0) is 67.1 Å². The maximum atomic E-state index is 14.5. The smallest absolute Gasteiger partial charge is 0.326 e. The number of primary amides is 1. The van der Waals surface area contributed by atoms with Crippen LogP contribution >= 0.6 is 0 Å². The molecule has 0 aliphatic heterocycles. The molecule has 588 valence electrons. The predicted molar refractivity (Wildman–Crippen MR) is 389 cm³/mol. The summed E-state index contributed by atoms with van der Waals surface area (Å²) in [6.45, 7) is 23.4. The summed E-state index contributed by atoms with van der Waals surface area (Å²) >= 11 is 0. The number of hydrogen-bond acceptors (Lipinski definition) is 18. The molecule has 0 bridgehead atoms. The lowest BCUT2D eigenvalue weighted by atomic mass is 9.94. The molecule has 0 radical (unpaired) electrons. The van der Waals surface area contributed by atoms with Crippen molar-refractivity contribution in [1.82, 2.24) is 63.8 Å². The Bertz CT molecular complexity index is 2840. The molecule has 0 saturated carbocycles. The number of aliphatic imine (C=N–C) groups is 2. The van der Waals surface area contributed by atoms with Crippen molar-refractivity contribution in [2.45, 2.75) is 266 Å². The quantitative estimate of drug-likeness (QED) is 0.0161. The highest BCUT2D eigenvalue weighted by molar-refractivity contribution is 5.99. The van der Waals surface area contributed by atoms with Gasteiger partial charge >= 0.3 is 5.97 Å². The summed E-state index contributed by atoms with van der Waals surface area (Å²) in [4.78, 5) is 199. The summed E-state index contributed by atoms with van der Waals surface area (Å²) < 4.78 is 0. The zero-order chi connectivity index (χ0) is 79.0. The standard InChI is InChI=1S/C67H125N21O15/c1-15-36(9)50(70)62(99)83-44(25-22-30-76-67(73)74)58(95)86-52(38(11)17-3)64(101)87-51(37(10)16-2)63(100)85-47(32-35(7)8)61(98)82-43(24-21-29-75-66(71)72)57(94)79-41(14)55(92)80-45(26-27-48(69)89)56(93)77-33-49(90)78-40(13)54(91)84-46(31-34(5)6)60(97)81-42(23-19-20-28-68)59(96)88-53(65(102)103)39(12)18-4/h34-47,50-53H,15-33,68,70H2,1-14H3,(H2,69,89)(H,77,93)(H,78,90)(H,79,94)(H,80,92)(H,81,97)(H,82,98)(H,83,99)(H,84,91)(H,85,100)(H,86,95)(H,87,101)(H,88,96)(H,102,103)(H4,71,72,75)(H4,73,74,76). The number of nitrogens with zero attached hydrogens (tertiary/aromatic N) is 2. The second-order valence-electron chi connectivity index (χ2n) is 27.4. The maximum absolute atomic E-state index is 14.5. The van der Waals surface area contributed by atoms with Crippen molar-refractivity contribution >= 4 is 94.7 Å². The zero-order valence-corrected chi connectivity index (χ0v) is 62.9. The van der Waals surface area contributed by atoms with Gasteiger partial charge in [0, 0.05) is 19.5 Å². The second-order valence-corrected chi connectivity index (χ2v) is 27.4. The molecule has 36 heteroatoms. The molecule has 0 aromatic rings. The number of nitrogens with two attached hydrogens (primary N) is 7. The average Bonchev–Trinajstić information content (AvgIpc) is 0.848. The first-order valence-electron chi connectivity index (χ1n) is 35.9. The Morgan fingerprint density at radius 3 is 1.12 bits per heavy atom. The molecule has 16 atom stereocenters. The summed E-state index contributed by atoms with van der Waals surface area (Å²) in [5.74, 6) is -14.4. The lowest BCUT2D eigenvalue weighted by Crippen LogP contribution is -2.62. The van der Waals surface area contributed by atoms with Crippen molar-refractivity contribution < 1.29 is 72.2 Å². The van der Waals surface area contributed by atoms with Gasteiger partial charge in [-0.3, -0.25) is 72.3 Å². The van der Waals surface area contributed by atoms with Gasteiger partial charge in [-0.1, -0.05) is 109 Å². The van der Waals surface area contributed by atoms with Crippen LogP contribution in [0.3, 0.4) is 0 Å². The van der Waals surface area contributed by atoms with E-state index >= 15 is 0 Å². The van der Waals surface area contributed by atoms with Crippen LogP contribution in [-0.4, -0.2) is 198 Å². The van der Waals surface area contributed by atoms with Gasteiger partial charge in [-0.25, -0.2) is 4.79 Å². The van der Waals surface area contributed by atoms with Gasteiger partial charge in [0.25, 0.3) is 0 Å². The second kappa shape index (κ2) is 49.6. The van der Waals surface area contributed by atoms with Gasteiger partial charge in [0.15, 0.2) is 11.9 Å². The molecule has 0 spiro atoms. The number of aliphatic carboxylic acids is 1. The fourth-order valence-corrected chi connectivity index (χ4v) is 10.3. The molecule has 103 heavy (non-hydrogen) atoms. The van der Waals surface area contributed by atoms with Crippen LogP contribution in [0.15, 0.2) is 9.98 Å². The molecule has 0 aromatic carbocycles. The monoisotopic (exact) mass is 1460 g/mol. The van der Waals surface area contributed by atoms with E-state index in [9.17, 15) is 72.2 Å². The van der Waals surface area contributed by atoms with Crippen LogP contribution < -0.4 is 104 Å². The number of amides is 13. The topological polar surface area (TPSA) is 610 Å².